The maximum absolute atomic E-state index is 12.8. The Bertz CT molecular complexity index is 976. The third-order valence-electron chi connectivity index (χ3n) is 4.79. The predicted octanol–water partition coefficient (Wildman–Crippen LogP) is 1.52. The van der Waals surface area contributed by atoms with E-state index < -0.39 is 46.5 Å². The highest BCUT2D eigenvalue weighted by molar-refractivity contribution is 6.57. The zero-order chi connectivity index (χ0) is 18.6. The van der Waals surface area contributed by atoms with Crippen LogP contribution >= 0.6 is 0 Å². The van der Waals surface area contributed by atoms with E-state index in [4.69, 9.17) is 0 Å². The van der Waals surface area contributed by atoms with E-state index in [-0.39, 0.29) is 22.3 Å². The first-order valence-corrected chi connectivity index (χ1v) is 7.87. The van der Waals surface area contributed by atoms with Gasteiger partial charge in [-0.3, -0.25) is 28.8 Å². The molecular formula is C20H10O6. The van der Waals surface area contributed by atoms with Crippen LogP contribution in [-0.4, -0.2) is 34.7 Å². The fourth-order valence-electron chi connectivity index (χ4n) is 3.52. The van der Waals surface area contributed by atoms with Crippen molar-refractivity contribution in [1.29, 1.82) is 0 Å². The zero-order valence-electron chi connectivity index (χ0n) is 13.2. The average molecular weight is 346 g/mol. The van der Waals surface area contributed by atoms with Gasteiger partial charge in [0.05, 0.1) is 0 Å². The quantitative estimate of drug-likeness (QED) is 0.573. The number of hydrogen-bond acceptors (Lipinski definition) is 6. The van der Waals surface area contributed by atoms with Crippen molar-refractivity contribution in [3.63, 3.8) is 0 Å². The monoisotopic (exact) mass is 346 g/mol. The lowest BCUT2D eigenvalue weighted by molar-refractivity contribution is -0.125. The minimum absolute atomic E-state index is 0.0194. The Kier molecular flexibility index (Phi) is 3.37. The van der Waals surface area contributed by atoms with Crippen LogP contribution in [0.5, 0.6) is 0 Å². The minimum Gasteiger partial charge on any atom is -0.293 e. The summed E-state index contributed by atoms with van der Waals surface area (Å²) in [4.78, 5) is 75.3. The van der Waals surface area contributed by atoms with Crippen molar-refractivity contribution in [3.8, 4) is 0 Å². The molecule has 2 aliphatic carbocycles. The fourth-order valence-corrected chi connectivity index (χ4v) is 3.52. The van der Waals surface area contributed by atoms with Gasteiger partial charge in [0.2, 0.25) is 23.1 Å². The van der Waals surface area contributed by atoms with Gasteiger partial charge in [0.25, 0.3) is 0 Å². The molecule has 0 bridgehead atoms. The molecule has 4 rings (SSSR count). The maximum Gasteiger partial charge on any atom is 0.230 e. The highest BCUT2D eigenvalue weighted by Gasteiger charge is 2.53. The maximum atomic E-state index is 12.8. The molecule has 0 heterocycles. The van der Waals surface area contributed by atoms with Crippen LogP contribution in [0.2, 0.25) is 0 Å². The summed E-state index contributed by atoms with van der Waals surface area (Å²) in [6.07, 6.45) is 0. The van der Waals surface area contributed by atoms with Crippen LogP contribution < -0.4 is 0 Å². The lowest BCUT2D eigenvalue weighted by atomic mass is 9.67. The van der Waals surface area contributed by atoms with E-state index in [1.807, 2.05) is 0 Å². The molecule has 0 saturated carbocycles. The molecule has 26 heavy (non-hydrogen) atoms. The first-order chi connectivity index (χ1) is 12.4. The molecule has 0 aliphatic heterocycles. The third kappa shape index (κ3) is 1.99. The van der Waals surface area contributed by atoms with Gasteiger partial charge in [0.1, 0.15) is 11.8 Å². The van der Waals surface area contributed by atoms with Crippen molar-refractivity contribution in [1.82, 2.24) is 0 Å². The highest BCUT2D eigenvalue weighted by atomic mass is 16.2. The van der Waals surface area contributed by atoms with Crippen molar-refractivity contribution in [2.24, 2.45) is 11.8 Å². The summed E-state index contributed by atoms with van der Waals surface area (Å²) in [6, 6.07) is 11.5. The minimum atomic E-state index is -1.80. The molecule has 2 aliphatic rings. The van der Waals surface area contributed by atoms with Gasteiger partial charge < -0.3 is 0 Å². The van der Waals surface area contributed by atoms with Gasteiger partial charge in [-0.1, -0.05) is 48.5 Å². The first-order valence-electron chi connectivity index (χ1n) is 7.87. The molecule has 6 nitrogen and oxygen atoms in total. The molecule has 2 aromatic rings. The van der Waals surface area contributed by atoms with Gasteiger partial charge in [-0.25, -0.2) is 0 Å². The lowest BCUT2D eigenvalue weighted by Crippen LogP contribution is -2.50. The average Bonchev–Trinajstić information content (AvgIpc) is 2.67. The molecule has 0 unspecified atom stereocenters. The summed E-state index contributed by atoms with van der Waals surface area (Å²) >= 11 is 0. The smallest absolute Gasteiger partial charge is 0.230 e. The Balaban J connectivity index is 1.88. The molecule has 0 N–H and O–H groups in total. The molecule has 0 spiro atoms. The van der Waals surface area contributed by atoms with Crippen LogP contribution in [0.1, 0.15) is 41.4 Å². The normalized spacial score (nSPS) is 22.3. The SMILES string of the molecule is O=C1C(=O)[C@@H]([C@H]2C(=O)C(=O)c3ccccc3C2=O)C(=O)c2ccccc21. The Labute approximate surface area is 146 Å². The van der Waals surface area contributed by atoms with Crippen LogP contribution in [-0.2, 0) is 9.59 Å². The van der Waals surface area contributed by atoms with Crippen LogP contribution in [0, 0.1) is 11.8 Å². The van der Waals surface area contributed by atoms with Crippen molar-refractivity contribution < 1.29 is 28.8 Å². The van der Waals surface area contributed by atoms with E-state index in [1.165, 1.54) is 48.5 Å². The molecule has 2 aromatic carbocycles. The molecule has 0 amide bonds. The van der Waals surface area contributed by atoms with Crippen LogP contribution in [0.4, 0.5) is 0 Å². The topological polar surface area (TPSA) is 102 Å². The zero-order valence-corrected chi connectivity index (χ0v) is 13.2. The fraction of sp³-hybridized carbons (Fsp3) is 0.100. The van der Waals surface area contributed by atoms with Gasteiger partial charge in [0.15, 0.2) is 11.6 Å². The van der Waals surface area contributed by atoms with Crippen LogP contribution in [0.25, 0.3) is 0 Å². The van der Waals surface area contributed by atoms with E-state index in [2.05, 4.69) is 0 Å². The second kappa shape index (κ2) is 5.49. The number of carbonyl (C=O) groups excluding carboxylic acids is 6. The summed E-state index contributed by atoms with van der Waals surface area (Å²) in [5, 5.41) is 0. The Morgan fingerprint density at radius 3 is 1.08 bits per heavy atom. The first kappa shape index (κ1) is 16.0. The molecule has 0 fully saturated rings. The number of rotatable bonds is 1. The second-order valence-electron chi connectivity index (χ2n) is 6.16. The van der Waals surface area contributed by atoms with Crippen molar-refractivity contribution >= 4 is 34.7 Å². The highest BCUT2D eigenvalue weighted by Crippen LogP contribution is 2.34. The van der Waals surface area contributed by atoms with Crippen molar-refractivity contribution in [2.75, 3.05) is 0 Å². The van der Waals surface area contributed by atoms with Crippen LogP contribution in [0.3, 0.4) is 0 Å². The van der Waals surface area contributed by atoms with Gasteiger partial charge in [-0.05, 0) is 0 Å². The summed E-state index contributed by atoms with van der Waals surface area (Å²) in [5.41, 5.74) is -0.148. The number of carbonyl (C=O) groups is 6. The van der Waals surface area contributed by atoms with Gasteiger partial charge in [-0.2, -0.15) is 0 Å². The summed E-state index contributed by atoms with van der Waals surface area (Å²) in [5.74, 6) is -9.30. The van der Waals surface area contributed by atoms with E-state index in [9.17, 15) is 28.8 Å². The van der Waals surface area contributed by atoms with E-state index in [0.29, 0.717) is 0 Å². The third-order valence-corrected chi connectivity index (χ3v) is 4.79. The molecule has 126 valence electrons. The molecule has 0 saturated heterocycles. The van der Waals surface area contributed by atoms with Crippen molar-refractivity contribution in [2.45, 2.75) is 0 Å². The van der Waals surface area contributed by atoms with Crippen LogP contribution in [0.15, 0.2) is 48.5 Å². The second-order valence-corrected chi connectivity index (χ2v) is 6.16. The van der Waals surface area contributed by atoms with Gasteiger partial charge in [-0.15, -0.1) is 0 Å². The number of hydrogen-bond donors (Lipinski definition) is 0. The lowest BCUT2D eigenvalue weighted by Gasteiger charge is -2.29. The standard InChI is InChI=1S/C20H10O6/c21-15-9-5-1-3-7-11(9)17(23)19(25)13(15)14-16(22)10-6-2-4-8-12(10)18(24)20(14)26/h1-8,13-14H/t13-,14+. The number of ketones is 6. The predicted molar refractivity (Wildman–Crippen MR) is 87.2 cm³/mol. The number of fused-ring (bicyclic) bond motifs is 2. The molecule has 2 atom stereocenters. The summed E-state index contributed by atoms with van der Waals surface area (Å²) in [6.45, 7) is 0. The Hall–Kier alpha value is -3.54. The summed E-state index contributed by atoms with van der Waals surface area (Å²) < 4.78 is 0. The Morgan fingerprint density at radius 1 is 0.423 bits per heavy atom. The molecule has 0 aromatic heterocycles. The van der Waals surface area contributed by atoms with Gasteiger partial charge >= 0.3 is 0 Å². The van der Waals surface area contributed by atoms with Crippen molar-refractivity contribution in [3.05, 3.63) is 70.8 Å². The number of Topliss-reactive ketones (excluding diaryl/α,β-unsaturated/α-hetero) is 6. The van der Waals surface area contributed by atoms with E-state index in [0.717, 1.165) is 0 Å². The summed E-state index contributed by atoms with van der Waals surface area (Å²) in [7, 11) is 0. The van der Waals surface area contributed by atoms with Gasteiger partial charge in [0, 0.05) is 22.3 Å². The molecule has 6 heteroatoms. The largest absolute Gasteiger partial charge is 0.293 e. The van der Waals surface area contributed by atoms with E-state index >= 15 is 0 Å². The Morgan fingerprint density at radius 2 is 0.731 bits per heavy atom. The number of benzene rings is 2. The van der Waals surface area contributed by atoms with E-state index in [1.54, 1.807) is 0 Å². The molecule has 0 radical (unpaired) electrons. The molecular weight excluding hydrogens is 336 g/mol.